The summed E-state index contributed by atoms with van der Waals surface area (Å²) in [6, 6.07) is 3.64. The van der Waals surface area contributed by atoms with E-state index in [1.807, 2.05) is 12.1 Å². The average Bonchev–Trinajstić information content (AvgIpc) is 2.49. The topological polar surface area (TPSA) is 36.9 Å². The van der Waals surface area contributed by atoms with Gasteiger partial charge in [0.05, 0.1) is 27.9 Å². The lowest BCUT2D eigenvalue weighted by atomic mass is 10.2. The fraction of sp³-hybridized carbons (Fsp3) is 0.600. The van der Waals surface area contributed by atoms with Crippen LogP contribution < -0.4 is 18.9 Å². The summed E-state index contributed by atoms with van der Waals surface area (Å²) in [5.74, 6) is 2.54. The van der Waals surface area contributed by atoms with Crippen molar-refractivity contribution >= 4 is 15.9 Å². The second-order valence-corrected chi connectivity index (χ2v) is 5.11. The molecule has 114 valence electrons. The lowest BCUT2D eigenvalue weighted by Crippen LogP contribution is -2.00. The van der Waals surface area contributed by atoms with Gasteiger partial charge in [0.15, 0.2) is 11.5 Å². The van der Waals surface area contributed by atoms with Crippen LogP contribution in [0.1, 0.15) is 25.7 Å². The Hall–Kier alpha value is -1.10. The third kappa shape index (κ3) is 5.12. The largest absolute Gasteiger partial charge is 0.493 e. The molecule has 4 nitrogen and oxygen atoms in total. The molecule has 20 heavy (non-hydrogen) atoms. The van der Waals surface area contributed by atoms with E-state index in [4.69, 9.17) is 18.9 Å². The third-order valence-corrected chi connectivity index (χ3v) is 3.50. The summed E-state index contributed by atoms with van der Waals surface area (Å²) in [6.45, 7) is 0.695. The molecule has 0 radical (unpaired) electrons. The SMILES string of the molecule is COc1cc(OCCCCCCBr)cc(OC)c1OC. The normalized spacial score (nSPS) is 10.2. The zero-order valence-electron chi connectivity index (χ0n) is 12.4. The fourth-order valence-corrected chi connectivity index (χ4v) is 2.28. The van der Waals surface area contributed by atoms with Crippen LogP contribution in [0.5, 0.6) is 23.0 Å². The molecule has 0 unspecified atom stereocenters. The van der Waals surface area contributed by atoms with Crippen molar-refractivity contribution in [3.8, 4) is 23.0 Å². The fourth-order valence-electron chi connectivity index (χ4n) is 1.88. The number of benzene rings is 1. The van der Waals surface area contributed by atoms with E-state index in [0.717, 1.165) is 17.5 Å². The molecule has 0 saturated carbocycles. The number of hydrogen-bond acceptors (Lipinski definition) is 4. The molecule has 0 atom stereocenters. The summed E-state index contributed by atoms with van der Waals surface area (Å²) in [5.41, 5.74) is 0. The molecule has 0 bridgehead atoms. The molecule has 1 rings (SSSR count). The second-order valence-electron chi connectivity index (χ2n) is 4.31. The van der Waals surface area contributed by atoms with Crippen LogP contribution in [0, 0.1) is 0 Å². The maximum atomic E-state index is 5.74. The van der Waals surface area contributed by atoms with Crippen LogP contribution in [0.2, 0.25) is 0 Å². The first-order chi connectivity index (χ1) is 9.76. The lowest BCUT2D eigenvalue weighted by Gasteiger charge is -2.14. The highest BCUT2D eigenvalue weighted by Crippen LogP contribution is 2.40. The molecule has 0 aliphatic carbocycles. The maximum absolute atomic E-state index is 5.74. The summed E-state index contributed by atoms with van der Waals surface area (Å²) in [7, 11) is 4.79. The van der Waals surface area contributed by atoms with Gasteiger partial charge in [0.2, 0.25) is 5.75 Å². The first-order valence-corrected chi connectivity index (χ1v) is 7.87. The van der Waals surface area contributed by atoms with Crippen molar-refractivity contribution in [3.63, 3.8) is 0 Å². The van der Waals surface area contributed by atoms with Gasteiger partial charge in [-0.05, 0) is 12.8 Å². The minimum Gasteiger partial charge on any atom is -0.493 e. The first-order valence-electron chi connectivity index (χ1n) is 6.75. The molecule has 0 aliphatic rings. The van der Waals surface area contributed by atoms with Crippen LogP contribution in [-0.2, 0) is 0 Å². The quantitative estimate of drug-likeness (QED) is 0.473. The molecule has 0 aromatic heterocycles. The van der Waals surface area contributed by atoms with Gasteiger partial charge >= 0.3 is 0 Å². The third-order valence-electron chi connectivity index (χ3n) is 2.93. The van der Waals surface area contributed by atoms with Crippen molar-refractivity contribution in [1.82, 2.24) is 0 Å². The van der Waals surface area contributed by atoms with E-state index in [9.17, 15) is 0 Å². The number of methoxy groups -OCH3 is 3. The molecule has 0 fully saturated rings. The van der Waals surface area contributed by atoms with Crippen molar-refractivity contribution in [2.45, 2.75) is 25.7 Å². The van der Waals surface area contributed by atoms with Gasteiger partial charge in [0.1, 0.15) is 5.75 Å². The summed E-state index contributed by atoms with van der Waals surface area (Å²) in [4.78, 5) is 0. The Labute approximate surface area is 129 Å². The summed E-state index contributed by atoms with van der Waals surface area (Å²) in [6.07, 6.45) is 4.66. The number of rotatable bonds is 10. The Morgan fingerprint density at radius 1 is 0.850 bits per heavy atom. The number of unbranched alkanes of at least 4 members (excludes halogenated alkanes) is 3. The predicted octanol–water partition coefficient (Wildman–Crippen LogP) is 4.05. The van der Waals surface area contributed by atoms with Crippen molar-refractivity contribution < 1.29 is 18.9 Å². The van der Waals surface area contributed by atoms with E-state index < -0.39 is 0 Å². The van der Waals surface area contributed by atoms with Crippen molar-refractivity contribution in [2.75, 3.05) is 33.3 Å². The van der Waals surface area contributed by atoms with Crippen LogP contribution in [0.25, 0.3) is 0 Å². The second kappa shape index (κ2) is 9.75. The van der Waals surface area contributed by atoms with Crippen LogP contribution in [-0.4, -0.2) is 33.3 Å². The maximum Gasteiger partial charge on any atom is 0.203 e. The van der Waals surface area contributed by atoms with E-state index in [1.165, 1.54) is 19.3 Å². The van der Waals surface area contributed by atoms with Crippen LogP contribution in [0.3, 0.4) is 0 Å². The van der Waals surface area contributed by atoms with E-state index in [0.29, 0.717) is 23.9 Å². The Balaban J connectivity index is 2.57. The molecule has 0 amide bonds. The van der Waals surface area contributed by atoms with Crippen LogP contribution in [0.15, 0.2) is 12.1 Å². The van der Waals surface area contributed by atoms with E-state index >= 15 is 0 Å². The van der Waals surface area contributed by atoms with E-state index in [1.54, 1.807) is 21.3 Å². The molecule has 0 heterocycles. The average molecular weight is 347 g/mol. The molecule has 0 N–H and O–H groups in total. The van der Waals surface area contributed by atoms with Crippen LogP contribution in [0.4, 0.5) is 0 Å². The minimum atomic E-state index is 0.583. The molecule has 1 aromatic rings. The Morgan fingerprint density at radius 3 is 1.95 bits per heavy atom. The molecular formula is C15H23BrO4. The van der Waals surface area contributed by atoms with Gasteiger partial charge in [-0.3, -0.25) is 0 Å². The van der Waals surface area contributed by atoms with Crippen LogP contribution >= 0.6 is 15.9 Å². The zero-order chi connectivity index (χ0) is 14.8. The predicted molar refractivity (Wildman–Crippen MR) is 83.9 cm³/mol. The van der Waals surface area contributed by atoms with Gasteiger partial charge in [-0.15, -0.1) is 0 Å². The number of hydrogen-bond donors (Lipinski definition) is 0. The Morgan fingerprint density at radius 2 is 1.45 bits per heavy atom. The number of ether oxygens (including phenoxy) is 4. The minimum absolute atomic E-state index is 0.583. The molecule has 5 heteroatoms. The summed E-state index contributed by atoms with van der Waals surface area (Å²) < 4.78 is 21.6. The van der Waals surface area contributed by atoms with Gasteiger partial charge in [-0.1, -0.05) is 28.8 Å². The first kappa shape index (κ1) is 17.0. The standard InChI is InChI=1S/C15H23BrO4/c1-17-13-10-12(11-14(18-2)15(13)19-3)20-9-7-5-4-6-8-16/h10-11H,4-9H2,1-3H3. The highest BCUT2D eigenvalue weighted by atomic mass is 79.9. The summed E-state index contributed by atoms with van der Waals surface area (Å²) >= 11 is 3.43. The van der Waals surface area contributed by atoms with Crippen molar-refractivity contribution in [1.29, 1.82) is 0 Å². The van der Waals surface area contributed by atoms with Gasteiger partial charge in [-0.25, -0.2) is 0 Å². The number of alkyl halides is 1. The molecule has 0 aliphatic heterocycles. The van der Waals surface area contributed by atoms with Gasteiger partial charge < -0.3 is 18.9 Å². The molecule has 0 spiro atoms. The van der Waals surface area contributed by atoms with Crippen molar-refractivity contribution in [2.24, 2.45) is 0 Å². The number of halogens is 1. The van der Waals surface area contributed by atoms with E-state index in [-0.39, 0.29) is 0 Å². The van der Waals surface area contributed by atoms with Gasteiger partial charge in [-0.2, -0.15) is 0 Å². The van der Waals surface area contributed by atoms with Gasteiger partial charge in [0, 0.05) is 17.5 Å². The summed E-state index contributed by atoms with van der Waals surface area (Å²) in [5, 5.41) is 1.07. The lowest BCUT2D eigenvalue weighted by molar-refractivity contribution is 0.291. The smallest absolute Gasteiger partial charge is 0.203 e. The molecular weight excluding hydrogens is 324 g/mol. The monoisotopic (exact) mass is 346 g/mol. The molecule has 0 saturated heterocycles. The zero-order valence-corrected chi connectivity index (χ0v) is 14.0. The molecule has 1 aromatic carbocycles. The Kier molecular flexibility index (Phi) is 8.26. The highest BCUT2D eigenvalue weighted by molar-refractivity contribution is 9.09. The van der Waals surface area contributed by atoms with Gasteiger partial charge in [0.25, 0.3) is 0 Å². The van der Waals surface area contributed by atoms with Crippen molar-refractivity contribution in [3.05, 3.63) is 12.1 Å². The Bertz CT molecular complexity index is 370. The van der Waals surface area contributed by atoms with E-state index in [2.05, 4.69) is 15.9 Å². The highest BCUT2D eigenvalue weighted by Gasteiger charge is 2.13.